The molecule has 2 N–H and O–H groups in total. The topological polar surface area (TPSA) is 103 Å². The number of ether oxygens (including phenoxy) is 2. The summed E-state index contributed by atoms with van der Waals surface area (Å²) in [5, 5.41) is 19.4. The first-order valence-electron chi connectivity index (χ1n) is 6.48. The molecule has 0 bridgehead atoms. The molecule has 1 aromatic rings. The monoisotopic (exact) mass is 316 g/mol. The van der Waals surface area contributed by atoms with Gasteiger partial charge in [-0.1, -0.05) is 0 Å². The zero-order valence-corrected chi connectivity index (χ0v) is 12.5. The van der Waals surface area contributed by atoms with E-state index in [2.05, 4.69) is 0 Å². The molecule has 0 aliphatic carbocycles. The van der Waals surface area contributed by atoms with Gasteiger partial charge in [0.2, 0.25) is 12.2 Å². The van der Waals surface area contributed by atoms with Gasteiger partial charge in [-0.3, -0.25) is 13.9 Å². The number of rotatable bonds is 0. The zero-order chi connectivity index (χ0) is 15.5. The van der Waals surface area contributed by atoms with E-state index in [4.69, 9.17) is 9.47 Å². The summed E-state index contributed by atoms with van der Waals surface area (Å²) in [6, 6.07) is 0. The van der Waals surface area contributed by atoms with Gasteiger partial charge in [-0.15, -0.1) is 11.8 Å². The standard InChI is InChI=1S/C12H16N2O6S/c1-4-5(15)6(16)7-11(19-4)20-10-8(21-7)9(17)13(2)12(18)14(10)3/h4-7,11,15-16H,1-3H3. The summed E-state index contributed by atoms with van der Waals surface area (Å²) in [4.78, 5) is 24.3. The molecule has 8 nitrogen and oxygen atoms in total. The van der Waals surface area contributed by atoms with Crippen LogP contribution in [0.5, 0.6) is 5.88 Å². The second-order valence-electron chi connectivity index (χ2n) is 5.23. The van der Waals surface area contributed by atoms with E-state index in [0.29, 0.717) is 0 Å². The van der Waals surface area contributed by atoms with E-state index >= 15 is 0 Å². The molecule has 5 atom stereocenters. The molecule has 0 radical (unpaired) electrons. The molecule has 1 saturated heterocycles. The summed E-state index contributed by atoms with van der Waals surface area (Å²) in [7, 11) is 2.88. The smallest absolute Gasteiger partial charge is 0.333 e. The van der Waals surface area contributed by atoms with E-state index in [1.807, 2.05) is 0 Å². The van der Waals surface area contributed by atoms with Crippen molar-refractivity contribution in [2.45, 2.75) is 41.7 Å². The quantitative estimate of drug-likeness (QED) is 0.594. The van der Waals surface area contributed by atoms with Gasteiger partial charge in [-0.05, 0) is 6.92 Å². The number of thioether (sulfide) groups is 1. The van der Waals surface area contributed by atoms with Crippen molar-refractivity contribution < 1.29 is 19.7 Å². The van der Waals surface area contributed by atoms with E-state index in [1.165, 1.54) is 18.7 Å². The summed E-state index contributed by atoms with van der Waals surface area (Å²) >= 11 is 1.07. The lowest BCUT2D eigenvalue weighted by Gasteiger charge is -2.43. The molecule has 1 fully saturated rings. The van der Waals surface area contributed by atoms with Crippen molar-refractivity contribution in [3.8, 4) is 5.88 Å². The van der Waals surface area contributed by atoms with Crippen LogP contribution in [-0.2, 0) is 18.8 Å². The van der Waals surface area contributed by atoms with Crippen molar-refractivity contribution in [1.29, 1.82) is 0 Å². The molecule has 0 amide bonds. The maximum absolute atomic E-state index is 12.2. The molecule has 9 heteroatoms. The predicted octanol–water partition coefficient (Wildman–Crippen LogP) is -1.60. The van der Waals surface area contributed by atoms with Crippen molar-refractivity contribution in [2.75, 3.05) is 0 Å². The second-order valence-corrected chi connectivity index (χ2v) is 6.42. The maximum atomic E-state index is 12.2. The molecule has 3 heterocycles. The van der Waals surface area contributed by atoms with Crippen LogP contribution in [-0.4, -0.2) is 49.2 Å². The minimum atomic E-state index is -1.08. The van der Waals surface area contributed by atoms with E-state index in [-0.39, 0.29) is 10.8 Å². The fourth-order valence-electron chi connectivity index (χ4n) is 2.50. The highest BCUT2D eigenvalue weighted by atomic mass is 32.2. The first-order chi connectivity index (χ1) is 9.82. The Morgan fingerprint density at radius 3 is 2.48 bits per heavy atom. The van der Waals surface area contributed by atoms with Crippen LogP contribution in [0.4, 0.5) is 0 Å². The Hall–Kier alpha value is -1.29. The molecular formula is C12H16N2O6S. The van der Waals surface area contributed by atoms with Crippen LogP contribution in [0.1, 0.15) is 6.92 Å². The molecule has 116 valence electrons. The number of hydrogen-bond donors (Lipinski definition) is 2. The normalized spacial score (nSPS) is 34.8. The fourth-order valence-corrected chi connectivity index (χ4v) is 3.82. The molecule has 2 aliphatic heterocycles. The van der Waals surface area contributed by atoms with Gasteiger partial charge in [-0.25, -0.2) is 4.79 Å². The first-order valence-corrected chi connectivity index (χ1v) is 7.35. The van der Waals surface area contributed by atoms with Gasteiger partial charge in [-0.2, -0.15) is 0 Å². The first kappa shape index (κ1) is 14.6. The molecule has 0 saturated carbocycles. The highest BCUT2D eigenvalue weighted by Crippen LogP contribution is 2.41. The number of aliphatic hydroxyl groups excluding tert-OH is 2. The number of aromatic nitrogens is 2. The lowest BCUT2D eigenvalue weighted by atomic mass is 10.0. The molecule has 2 aliphatic rings. The Balaban J connectivity index is 2.11. The highest BCUT2D eigenvalue weighted by Gasteiger charge is 2.48. The second kappa shape index (κ2) is 4.87. The number of hydrogen-bond acceptors (Lipinski definition) is 7. The largest absolute Gasteiger partial charge is 0.447 e. The zero-order valence-electron chi connectivity index (χ0n) is 11.7. The maximum Gasteiger partial charge on any atom is 0.333 e. The Bertz CT molecular complexity index is 698. The fraction of sp³-hybridized carbons (Fsp3) is 0.667. The van der Waals surface area contributed by atoms with Crippen LogP contribution in [0.3, 0.4) is 0 Å². The molecule has 21 heavy (non-hydrogen) atoms. The minimum absolute atomic E-state index is 0.130. The molecular weight excluding hydrogens is 300 g/mol. The Kier molecular flexibility index (Phi) is 3.40. The van der Waals surface area contributed by atoms with Crippen molar-refractivity contribution in [3.63, 3.8) is 0 Å². The lowest BCUT2D eigenvalue weighted by Crippen LogP contribution is -2.59. The van der Waals surface area contributed by atoms with E-state index in [0.717, 1.165) is 16.3 Å². The SMILES string of the molecule is CC1OC2Oc3c(c(=O)n(C)c(=O)n3C)SC2C(O)C1O. The lowest BCUT2D eigenvalue weighted by molar-refractivity contribution is -0.215. The van der Waals surface area contributed by atoms with Gasteiger partial charge >= 0.3 is 5.69 Å². The van der Waals surface area contributed by atoms with E-state index in [9.17, 15) is 19.8 Å². The summed E-state index contributed by atoms with van der Waals surface area (Å²) in [6.07, 6.45) is -3.57. The van der Waals surface area contributed by atoms with E-state index < -0.39 is 41.1 Å². The Labute approximate surface area is 123 Å². The number of fused-ring (bicyclic) bond motifs is 2. The van der Waals surface area contributed by atoms with Gasteiger partial charge in [0.05, 0.1) is 6.10 Å². The Morgan fingerprint density at radius 2 is 1.81 bits per heavy atom. The third kappa shape index (κ3) is 2.03. The van der Waals surface area contributed by atoms with Crippen molar-refractivity contribution in [3.05, 3.63) is 20.8 Å². The predicted molar refractivity (Wildman–Crippen MR) is 73.5 cm³/mol. The summed E-state index contributed by atoms with van der Waals surface area (Å²) in [5.74, 6) is 0.130. The van der Waals surface area contributed by atoms with E-state index in [1.54, 1.807) is 6.92 Å². The van der Waals surface area contributed by atoms with Gasteiger partial charge in [0.25, 0.3) is 5.56 Å². The van der Waals surface area contributed by atoms with Crippen LogP contribution in [0.25, 0.3) is 0 Å². The third-order valence-corrected chi connectivity index (χ3v) is 5.20. The minimum Gasteiger partial charge on any atom is -0.447 e. The average molecular weight is 316 g/mol. The van der Waals surface area contributed by atoms with Gasteiger partial charge in [0.15, 0.2) is 0 Å². The molecule has 0 spiro atoms. The van der Waals surface area contributed by atoms with Crippen molar-refractivity contribution in [1.82, 2.24) is 9.13 Å². The van der Waals surface area contributed by atoms with Crippen LogP contribution < -0.4 is 16.0 Å². The molecule has 0 aromatic carbocycles. The molecule has 3 rings (SSSR count). The van der Waals surface area contributed by atoms with Crippen molar-refractivity contribution in [2.24, 2.45) is 14.1 Å². The highest BCUT2D eigenvalue weighted by molar-refractivity contribution is 8.00. The van der Waals surface area contributed by atoms with Crippen LogP contribution in [0.2, 0.25) is 0 Å². The number of aliphatic hydroxyl groups is 2. The van der Waals surface area contributed by atoms with Crippen LogP contribution >= 0.6 is 11.8 Å². The van der Waals surface area contributed by atoms with Crippen LogP contribution in [0, 0.1) is 0 Å². The summed E-state index contributed by atoms with van der Waals surface area (Å²) in [6.45, 7) is 1.62. The van der Waals surface area contributed by atoms with Crippen LogP contribution in [0.15, 0.2) is 14.5 Å². The average Bonchev–Trinajstić information content (AvgIpc) is 2.47. The summed E-state index contributed by atoms with van der Waals surface area (Å²) < 4.78 is 13.3. The Morgan fingerprint density at radius 1 is 1.14 bits per heavy atom. The number of nitrogens with zero attached hydrogens (tertiary/aromatic N) is 2. The van der Waals surface area contributed by atoms with Gasteiger partial charge in [0, 0.05) is 14.1 Å². The summed E-state index contributed by atoms with van der Waals surface area (Å²) in [5.41, 5.74) is -0.987. The van der Waals surface area contributed by atoms with Gasteiger partial charge < -0.3 is 19.7 Å². The van der Waals surface area contributed by atoms with Crippen molar-refractivity contribution >= 4 is 11.8 Å². The van der Waals surface area contributed by atoms with Gasteiger partial charge in [0.1, 0.15) is 22.4 Å². The third-order valence-electron chi connectivity index (χ3n) is 3.84. The molecule has 5 unspecified atom stereocenters. The molecule has 1 aromatic heterocycles.